The first-order chi connectivity index (χ1) is 13.6. The summed E-state index contributed by atoms with van der Waals surface area (Å²) in [7, 11) is 0. The van der Waals surface area contributed by atoms with Gasteiger partial charge in [0, 0.05) is 42.8 Å². The fraction of sp³-hybridized carbons (Fsp3) is 0.619. The second-order valence-corrected chi connectivity index (χ2v) is 8.18. The molecule has 3 heterocycles. The van der Waals surface area contributed by atoms with Gasteiger partial charge < -0.3 is 15.8 Å². The summed E-state index contributed by atoms with van der Waals surface area (Å²) in [6.45, 7) is 8.71. The quantitative estimate of drug-likeness (QED) is 0.785. The topological polar surface area (TPSA) is 85.4 Å². The van der Waals surface area contributed by atoms with Gasteiger partial charge in [-0.05, 0) is 62.9 Å². The Hall–Kier alpha value is -1.96. The Morgan fingerprint density at radius 1 is 1.32 bits per heavy atom. The SMILES string of the molecule is CC(Cc1cc2nn(CC3CCNCC3)cc2cc1C(N)=O)N1CCOCC1. The summed E-state index contributed by atoms with van der Waals surface area (Å²) < 4.78 is 7.49. The summed E-state index contributed by atoms with van der Waals surface area (Å²) in [5, 5.41) is 9.20. The van der Waals surface area contributed by atoms with E-state index >= 15 is 0 Å². The third kappa shape index (κ3) is 4.37. The van der Waals surface area contributed by atoms with Crippen LogP contribution in [0.3, 0.4) is 0 Å². The van der Waals surface area contributed by atoms with Gasteiger partial charge in [0.2, 0.25) is 5.91 Å². The van der Waals surface area contributed by atoms with Crippen LogP contribution in [0.25, 0.3) is 10.9 Å². The lowest BCUT2D eigenvalue weighted by Crippen LogP contribution is -2.43. The first-order valence-corrected chi connectivity index (χ1v) is 10.4. The standard InChI is InChI=1S/C21H31N5O2/c1-15(25-6-8-28-9-7-25)10-17-12-20-18(11-19(17)21(22)27)14-26(24-20)13-16-2-4-23-5-3-16/h11-12,14-16,23H,2-10,13H2,1H3,(H2,22,27). The second-order valence-electron chi connectivity index (χ2n) is 8.18. The molecule has 1 unspecified atom stereocenters. The Morgan fingerprint density at radius 2 is 2.07 bits per heavy atom. The number of ether oxygens (including phenoxy) is 1. The van der Waals surface area contributed by atoms with Crippen LogP contribution >= 0.6 is 0 Å². The summed E-state index contributed by atoms with van der Waals surface area (Å²) in [6.07, 6.45) is 5.21. The van der Waals surface area contributed by atoms with Crippen molar-refractivity contribution < 1.29 is 9.53 Å². The maximum absolute atomic E-state index is 12.1. The molecule has 0 bridgehead atoms. The Kier molecular flexibility index (Phi) is 5.94. The molecule has 2 aliphatic heterocycles. The van der Waals surface area contributed by atoms with Gasteiger partial charge in [0.05, 0.1) is 18.7 Å². The number of hydrogen-bond donors (Lipinski definition) is 2. The Balaban J connectivity index is 1.56. The molecule has 152 valence electrons. The van der Waals surface area contributed by atoms with Gasteiger partial charge in [-0.1, -0.05) is 0 Å². The van der Waals surface area contributed by atoms with Crippen LogP contribution in [-0.4, -0.2) is 66.0 Å². The third-order valence-corrected chi connectivity index (χ3v) is 6.13. The lowest BCUT2D eigenvalue weighted by molar-refractivity contribution is 0.0203. The van der Waals surface area contributed by atoms with Gasteiger partial charge in [0.25, 0.3) is 0 Å². The molecule has 1 aromatic heterocycles. The number of carbonyl (C=O) groups is 1. The number of benzene rings is 1. The zero-order valence-electron chi connectivity index (χ0n) is 16.7. The lowest BCUT2D eigenvalue weighted by Gasteiger charge is -2.32. The van der Waals surface area contributed by atoms with Crippen molar-refractivity contribution in [2.24, 2.45) is 11.7 Å². The first kappa shape index (κ1) is 19.4. The number of primary amides is 1. The predicted octanol–water partition coefficient (Wildman–Crippen LogP) is 1.40. The number of carbonyl (C=O) groups excluding carboxylic acids is 1. The number of nitrogens with one attached hydrogen (secondary N) is 1. The van der Waals surface area contributed by atoms with Crippen molar-refractivity contribution in [2.45, 2.75) is 38.8 Å². The molecule has 0 radical (unpaired) electrons. The fourth-order valence-corrected chi connectivity index (χ4v) is 4.45. The van der Waals surface area contributed by atoms with E-state index in [-0.39, 0.29) is 5.91 Å². The molecule has 2 aliphatic rings. The zero-order chi connectivity index (χ0) is 19.5. The molecule has 2 saturated heterocycles. The molecule has 1 atom stereocenters. The van der Waals surface area contributed by atoms with E-state index in [2.05, 4.69) is 29.4 Å². The molecule has 2 fully saturated rings. The minimum atomic E-state index is -0.364. The number of aromatic nitrogens is 2. The molecule has 7 heteroatoms. The summed E-state index contributed by atoms with van der Waals surface area (Å²) in [6, 6.07) is 4.31. The van der Waals surface area contributed by atoms with Crippen LogP contribution < -0.4 is 11.1 Å². The van der Waals surface area contributed by atoms with Gasteiger partial charge in [0.1, 0.15) is 0 Å². The van der Waals surface area contributed by atoms with Gasteiger partial charge in [-0.25, -0.2) is 0 Å². The Morgan fingerprint density at radius 3 is 2.79 bits per heavy atom. The highest BCUT2D eigenvalue weighted by molar-refractivity contribution is 5.98. The van der Waals surface area contributed by atoms with Gasteiger partial charge in [-0.15, -0.1) is 0 Å². The molecule has 3 N–H and O–H groups in total. The molecular weight excluding hydrogens is 354 g/mol. The predicted molar refractivity (Wildman–Crippen MR) is 109 cm³/mol. The number of rotatable bonds is 6. The highest BCUT2D eigenvalue weighted by Crippen LogP contribution is 2.23. The van der Waals surface area contributed by atoms with Crippen molar-refractivity contribution in [1.82, 2.24) is 20.0 Å². The molecule has 28 heavy (non-hydrogen) atoms. The van der Waals surface area contributed by atoms with Crippen LogP contribution in [0, 0.1) is 5.92 Å². The molecular formula is C21H31N5O2. The largest absolute Gasteiger partial charge is 0.379 e. The van der Waals surface area contributed by atoms with E-state index in [1.807, 2.05) is 10.7 Å². The van der Waals surface area contributed by atoms with E-state index in [1.54, 1.807) is 0 Å². The zero-order valence-corrected chi connectivity index (χ0v) is 16.7. The molecule has 0 aliphatic carbocycles. The van der Waals surface area contributed by atoms with Crippen LogP contribution in [0.15, 0.2) is 18.3 Å². The summed E-state index contributed by atoms with van der Waals surface area (Å²) >= 11 is 0. The number of nitrogens with two attached hydrogens (primary N) is 1. The molecule has 7 nitrogen and oxygen atoms in total. The molecule has 1 aromatic carbocycles. The van der Waals surface area contributed by atoms with Gasteiger partial charge in [0.15, 0.2) is 0 Å². The molecule has 0 spiro atoms. The highest BCUT2D eigenvalue weighted by Gasteiger charge is 2.21. The maximum atomic E-state index is 12.1. The minimum absolute atomic E-state index is 0.330. The Bertz CT molecular complexity index is 822. The fourth-order valence-electron chi connectivity index (χ4n) is 4.45. The summed E-state index contributed by atoms with van der Waals surface area (Å²) in [5.41, 5.74) is 8.27. The smallest absolute Gasteiger partial charge is 0.249 e. The molecule has 1 amide bonds. The molecule has 0 saturated carbocycles. The number of hydrogen-bond acceptors (Lipinski definition) is 5. The van der Waals surface area contributed by atoms with Crippen molar-refractivity contribution in [3.05, 3.63) is 29.5 Å². The number of piperidine rings is 1. The summed E-state index contributed by atoms with van der Waals surface area (Å²) in [4.78, 5) is 14.5. The molecule has 4 rings (SSSR count). The highest BCUT2D eigenvalue weighted by atomic mass is 16.5. The van der Waals surface area contributed by atoms with Crippen LogP contribution in [0.1, 0.15) is 35.7 Å². The molecule has 2 aromatic rings. The van der Waals surface area contributed by atoms with Crippen LogP contribution in [0.4, 0.5) is 0 Å². The lowest BCUT2D eigenvalue weighted by atomic mass is 9.97. The number of fused-ring (bicyclic) bond motifs is 1. The van der Waals surface area contributed by atoms with E-state index in [9.17, 15) is 4.79 Å². The maximum Gasteiger partial charge on any atom is 0.249 e. The third-order valence-electron chi connectivity index (χ3n) is 6.13. The van der Waals surface area contributed by atoms with Crippen molar-refractivity contribution in [1.29, 1.82) is 0 Å². The monoisotopic (exact) mass is 385 g/mol. The van der Waals surface area contributed by atoms with E-state index < -0.39 is 0 Å². The minimum Gasteiger partial charge on any atom is -0.379 e. The van der Waals surface area contributed by atoms with E-state index in [1.165, 1.54) is 12.8 Å². The van der Waals surface area contributed by atoms with Gasteiger partial charge in [-0.2, -0.15) is 5.10 Å². The van der Waals surface area contributed by atoms with Crippen LogP contribution in [0.2, 0.25) is 0 Å². The van der Waals surface area contributed by atoms with Crippen molar-refractivity contribution in [2.75, 3.05) is 39.4 Å². The van der Waals surface area contributed by atoms with E-state index in [4.69, 9.17) is 15.6 Å². The average Bonchev–Trinajstić information content (AvgIpc) is 3.09. The van der Waals surface area contributed by atoms with Crippen molar-refractivity contribution in [3.8, 4) is 0 Å². The summed E-state index contributed by atoms with van der Waals surface area (Å²) in [5.74, 6) is 0.296. The van der Waals surface area contributed by atoms with Crippen LogP contribution in [-0.2, 0) is 17.7 Å². The number of amides is 1. The van der Waals surface area contributed by atoms with Gasteiger partial charge in [-0.3, -0.25) is 14.4 Å². The second kappa shape index (κ2) is 8.59. The normalized spacial score (nSPS) is 20.5. The number of morpholine rings is 1. The van der Waals surface area contributed by atoms with Crippen LogP contribution in [0.5, 0.6) is 0 Å². The first-order valence-electron chi connectivity index (χ1n) is 10.4. The van der Waals surface area contributed by atoms with E-state index in [0.717, 1.165) is 68.8 Å². The van der Waals surface area contributed by atoms with Crippen molar-refractivity contribution in [3.63, 3.8) is 0 Å². The average molecular weight is 386 g/mol. The number of nitrogens with zero attached hydrogens (tertiary/aromatic N) is 3. The van der Waals surface area contributed by atoms with Crippen molar-refractivity contribution >= 4 is 16.8 Å². The van der Waals surface area contributed by atoms with E-state index in [0.29, 0.717) is 17.5 Å². The van der Waals surface area contributed by atoms with Gasteiger partial charge >= 0.3 is 0 Å². The Labute approximate surface area is 166 Å².